The molecule has 1 fully saturated rings. The number of alkyl halides is 2. The number of halogens is 3. The van der Waals surface area contributed by atoms with Gasteiger partial charge in [0.1, 0.15) is 9.90 Å². The van der Waals surface area contributed by atoms with Gasteiger partial charge in [-0.05, 0) is 44.1 Å². The molecule has 1 aliphatic heterocycles. The van der Waals surface area contributed by atoms with Gasteiger partial charge in [-0.3, -0.25) is 4.79 Å². The smallest absolute Gasteiger partial charge is 0.387 e. The van der Waals surface area contributed by atoms with E-state index >= 15 is 0 Å². The molecule has 3 aromatic rings. The first-order valence-electron chi connectivity index (χ1n) is 10.7. The summed E-state index contributed by atoms with van der Waals surface area (Å²) in [6, 6.07) is 7.11. The molecule has 9 nitrogen and oxygen atoms in total. The molecule has 3 heterocycles. The van der Waals surface area contributed by atoms with Crippen molar-refractivity contribution in [3.63, 3.8) is 0 Å². The summed E-state index contributed by atoms with van der Waals surface area (Å²) in [4.78, 5) is 24.6. The number of amides is 1. The minimum atomic E-state index is -3.01. The Bertz CT molecular complexity index is 1210. The van der Waals surface area contributed by atoms with Gasteiger partial charge in [-0.25, -0.2) is 4.98 Å². The molecule has 1 amide bonds. The number of likely N-dealkylation sites (N-methyl/N-ethyl adjacent to an activating group) is 1. The van der Waals surface area contributed by atoms with Crippen molar-refractivity contribution in [2.45, 2.75) is 19.1 Å². The van der Waals surface area contributed by atoms with Crippen LogP contribution in [0.15, 0.2) is 35.8 Å². The number of anilines is 5. The lowest BCUT2D eigenvalue weighted by molar-refractivity contribution is -0.0493. The monoisotopic (exact) mass is 523 g/mol. The molecule has 13 heteroatoms. The van der Waals surface area contributed by atoms with Gasteiger partial charge in [0.05, 0.1) is 17.6 Å². The Balaban J connectivity index is 1.57. The predicted molar refractivity (Wildman–Crippen MR) is 134 cm³/mol. The van der Waals surface area contributed by atoms with E-state index in [1.165, 1.54) is 17.5 Å². The highest BCUT2D eigenvalue weighted by atomic mass is 35.5. The second-order valence-electron chi connectivity index (χ2n) is 8.08. The normalized spacial score (nSPS) is 15.6. The molecular weight excluding hydrogens is 500 g/mol. The molecule has 186 valence electrons. The number of hydrogen-bond acceptors (Lipinski definition) is 9. The summed E-state index contributed by atoms with van der Waals surface area (Å²) in [6.45, 7) is -1.40. The average molecular weight is 524 g/mol. The van der Waals surface area contributed by atoms with Crippen molar-refractivity contribution in [3.05, 3.63) is 45.7 Å². The van der Waals surface area contributed by atoms with Crippen LogP contribution in [0.2, 0.25) is 5.02 Å². The average Bonchev–Trinajstić information content (AvgIpc) is 3.47. The molecule has 1 saturated heterocycles. The van der Waals surface area contributed by atoms with Crippen LogP contribution >= 0.6 is 22.9 Å². The molecule has 1 aliphatic rings. The summed E-state index contributed by atoms with van der Waals surface area (Å²) in [5.74, 6) is -0.319. The number of carbonyl (C=O) groups excluding carboxylic acids is 1. The van der Waals surface area contributed by atoms with Crippen LogP contribution in [0, 0.1) is 0 Å². The van der Waals surface area contributed by atoms with Crippen LogP contribution in [0.5, 0.6) is 5.75 Å². The van der Waals surface area contributed by atoms with Crippen LogP contribution in [-0.4, -0.2) is 60.6 Å². The van der Waals surface area contributed by atoms with E-state index in [0.29, 0.717) is 16.6 Å². The Labute approximate surface area is 209 Å². The number of nitrogens with two attached hydrogens (primary N) is 1. The van der Waals surface area contributed by atoms with Crippen molar-refractivity contribution in [2.75, 3.05) is 42.7 Å². The molecule has 0 aliphatic carbocycles. The minimum absolute atomic E-state index is 0.0345. The third-order valence-corrected chi connectivity index (χ3v) is 6.78. The van der Waals surface area contributed by atoms with Gasteiger partial charge in [0, 0.05) is 30.9 Å². The van der Waals surface area contributed by atoms with Gasteiger partial charge in [-0.2, -0.15) is 13.8 Å². The molecule has 4 rings (SSSR count). The molecule has 0 radical (unpaired) electrons. The van der Waals surface area contributed by atoms with Crippen molar-refractivity contribution in [1.29, 1.82) is 0 Å². The summed E-state index contributed by atoms with van der Waals surface area (Å²) in [5.41, 5.74) is 6.88. The fourth-order valence-corrected chi connectivity index (χ4v) is 4.60. The summed E-state index contributed by atoms with van der Waals surface area (Å²) < 4.78 is 31.2. The third kappa shape index (κ3) is 5.89. The number of thiophene rings is 1. The van der Waals surface area contributed by atoms with Gasteiger partial charge < -0.3 is 30.9 Å². The number of primary amides is 1. The van der Waals surface area contributed by atoms with Crippen LogP contribution in [0.3, 0.4) is 0 Å². The van der Waals surface area contributed by atoms with E-state index in [-0.39, 0.29) is 28.2 Å². The van der Waals surface area contributed by atoms with Crippen LogP contribution < -0.4 is 26.0 Å². The largest absolute Gasteiger partial charge is 0.433 e. The Morgan fingerprint density at radius 3 is 2.80 bits per heavy atom. The van der Waals surface area contributed by atoms with Crippen molar-refractivity contribution < 1.29 is 18.3 Å². The summed E-state index contributed by atoms with van der Waals surface area (Å²) in [7, 11) is 4.05. The van der Waals surface area contributed by atoms with Crippen LogP contribution in [0.4, 0.5) is 37.6 Å². The first-order chi connectivity index (χ1) is 16.7. The Morgan fingerprint density at radius 1 is 1.31 bits per heavy atom. The lowest BCUT2D eigenvalue weighted by Crippen LogP contribution is -2.31. The first-order valence-corrected chi connectivity index (χ1v) is 11.9. The molecule has 1 unspecified atom stereocenters. The van der Waals surface area contributed by atoms with Crippen molar-refractivity contribution >= 4 is 57.7 Å². The quantitative estimate of drug-likeness (QED) is 0.376. The Kier molecular flexibility index (Phi) is 7.53. The van der Waals surface area contributed by atoms with E-state index in [1.807, 2.05) is 20.2 Å². The zero-order valence-electron chi connectivity index (χ0n) is 19.0. The SMILES string of the molecule is CN(C)C1CCN(c2ccc(Nc3ncc(Cl)c(Nc4ccsc4C(N)=O)n3)c(OC(F)F)c2)C1. The van der Waals surface area contributed by atoms with E-state index in [0.717, 1.165) is 25.2 Å². The second kappa shape index (κ2) is 10.6. The van der Waals surface area contributed by atoms with Crippen LogP contribution in [0.1, 0.15) is 16.1 Å². The maximum Gasteiger partial charge on any atom is 0.387 e. The predicted octanol–water partition coefficient (Wildman–Crippen LogP) is 4.52. The topological polar surface area (TPSA) is 109 Å². The first kappa shape index (κ1) is 24.9. The van der Waals surface area contributed by atoms with E-state index in [2.05, 4.69) is 30.4 Å². The molecule has 0 spiro atoms. The lowest BCUT2D eigenvalue weighted by Gasteiger charge is -2.23. The van der Waals surface area contributed by atoms with Gasteiger partial charge in [-0.1, -0.05) is 11.6 Å². The van der Waals surface area contributed by atoms with E-state index in [4.69, 9.17) is 22.1 Å². The Hall–Kier alpha value is -3.22. The summed E-state index contributed by atoms with van der Waals surface area (Å²) in [6.07, 6.45) is 2.33. The maximum atomic E-state index is 13.2. The van der Waals surface area contributed by atoms with Gasteiger partial charge >= 0.3 is 6.61 Å². The van der Waals surface area contributed by atoms with E-state index in [1.54, 1.807) is 23.6 Å². The van der Waals surface area contributed by atoms with Crippen LogP contribution in [0.25, 0.3) is 0 Å². The zero-order chi connectivity index (χ0) is 25.1. The minimum Gasteiger partial charge on any atom is -0.433 e. The molecule has 4 N–H and O–H groups in total. The number of hydrogen-bond donors (Lipinski definition) is 3. The highest BCUT2D eigenvalue weighted by molar-refractivity contribution is 7.12. The van der Waals surface area contributed by atoms with Crippen molar-refractivity contribution in [1.82, 2.24) is 14.9 Å². The van der Waals surface area contributed by atoms with Gasteiger partial charge in [0.25, 0.3) is 5.91 Å². The zero-order valence-corrected chi connectivity index (χ0v) is 20.5. The molecular formula is C22H24ClF2N7O2S. The molecule has 0 saturated carbocycles. The Morgan fingerprint density at radius 2 is 2.11 bits per heavy atom. The number of carbonyl (C=O) groups is 1. The maximum absolute atomic E-state index is 13.2. The van der Waals surface area contributed by atoms with E-state index < -0.39 is 12.5 Å². The number of aromatic nitrogens is 2. The fraction of sp³-hybridized carbons (Fsp3) is 0.318. The van der Waals surface area contributed by atoms with Gasteiger partial charge in [0.15, 0.2) is 11.6 Å². The number of rotatable bonds is 9. The van der Waals surface area contributed by atoms with Crippen molar-refractivity contribution in [2.24, 2.45) is 5.73 Å². The molecule has 0 bridgehead atoms. The third-order valence-electron chi connectivity index (χ3n) is 5.57. The van der Waals surface area contributed by atoms with Crippen LogP contribution in [-0.2, 0) is 0 Å². The molecule has 35 heavy (non-hydrogen) atoms. The number of benzene rings is 1. The molecule has 1 atom stereocenters. The highest BCUT2D eigenvalue weighted by Crippen LogP contribution is 2.35. The van der Waals surface area contributed by atoms with E-state index in [9.17, 15) is 13.6 Å². The molecule has 1 aromatic carbocycles. The fourth-order valence-electron chi connectivity index (χ4n) is 3.76. The van der Waals surface area contributed by atoms with Gasteiger partial charge in [-0.15, -0.1) is 11.3 Å². The van der Waals surface area contributed by atoms with Gasteiger partial charge in [0.2, 0.25) is 5.95 Å². The second-order valence-corrected chi connectivity index (χ2v) is 9.40. The number of ether oxygens (including phenoxy) is 1. The summed E-state index contributed by atoms with van der Waals surface area (Å²) in [5, 5.41) is 7.77. The number of nitrogens with one attached hydrogen (secondary N) is 2. The molecule has 2 aromatic heterocycles. The highest BCUT2D eigenvalue weighted by Gasteiger charge is 2.25. The standard InChI is InChI=1S/C22H24ClF2N7O2S/c1-31(2)13-5-7-32(11-13)12-3-4-15(17(9-12)34-21(24)25)29-22-27-10-14(23)20(30-22)28-16-6-8-35-18(16)19(26)33/h3-4,6,8-10,13,21H,5,7,11H2,1-2H3,(H2,26,33)(H2,27,28,29,30). The summed E-state index contributed by atoms with van der Waals surface area (Å²) >= 11 is 7.39. The number of nitrogens with zero attached hydrogens (tertiary/aromatic N) is 4. The van der Waals surface area contributed by atoms with Crippen molar-refractivity contribution in [3.8, 4) is 5.75 Å². The lowest BCUT2D eigenvalue weighted by atomic mass is 10.2.